The minimum Gasteiger partial charge on any atom is -0.494 e. The van der Waals surface area contributed by atoms with Crippen LogP contribution in [-0.4, -0.2) is 18.4 Å². The Morgan fingerprint density at radius 2 is 1.65 bits per heavy atom. The van der Waals surface area contributed by atoms with Crippen molar-refractivity contribution < 1.29 is 14.3 Å². The monoisotopic (exact) mass is 312 g/mol. The van der Waals surface area contributed by atoms with Gasteiger partial charge in [0, 0.05) is 24.7 Å². The van der Waals surface area contributed by atoms with Gasteiger partial charge >= 0.3 is 0 Å². The smallest absolute Gasteiger partial charge is 0.224 e. The summed E-state index contributed by atoms with van der Waals surface area (Å²) in [7, 11) is 0. The van der Waals surface area contributed by atoms with Crippen LogP contribution < -0.4 is 15.4 Å². The third kappa shape index (κ3) is 6.22. The number of hydrogen-bond donors (Lipinski definition) is 2. The lowest BCUT2D eigenvalue weighted by atomic mass is 10.2. The third-order valence-electron chi connectivity index (χ3n) is 3.03. The van der Waals surface area contributed by atoms with Crippen LogP contribution in [0.15, 0.2) is 54.6 Å². The van der Waals surface area contributed by atoms with Crippen LogP contribution in [0, 0.1) is 0 Å². The van der Waals surface area contributed by atoms with Crippen molar-refractivity contribution in [3.63, 3.8) is 0 Å². The second-order valence-electron chi connectivity index (χ2n) is 5.08. The predicted octanol–water partition coefficient (Wildman–Crippen LogP) is 3.44. The summed E-state index contributed by atoms with van der Waals surface area (Å²) in [4.78, 5) is 22.9. The molecule has 0 saturated heterocycles. The van der Waals surface area contributed by atoms with E-state index in [4.69, 9.17) is 4.74 Å². The Hall–Kier alpha value is -2.82. The zero-order valence-electron chi connectivity index (χ0n) is 13.0. The Morgan fingerprint density at radius 3 is 2.35 bits per heavy atom. The lowest BCUT2D eigenvalue weighted by molar-refractivity contribution is -0.116. The first-order valence-corrected chi connectivity index (χ1v) is 7.49. The molecule has 0 radical (unpaired) electrons. The quantitative estimate of drug-likeness (QED) is 0.770. The molecule has 0 saturated carbocycles. The van der Waals surface area contributed by atoms with Gasteiger partial charge in [-0.25, -0.2) is 0 Å². The molecule has 2 aromatic rings. The molecule has 2 N–H and O–H groups in total. The minimum atomic E-state index is -0.147. The Kier molecular flexibility index (Phi) is 6.17. The lowest BCUT2D eigenvalue weighted by Crippen LogP contribution is -2.13. The van der Waals surface area contributed by atoms with Crippen molar-refractivity contribution in [3.05, 3.63) is 54.6 Å². The zero-order valence-corrected chi connectivity index (χ0v) is 13.0. The van der Waals surface area contributed by atoms with Gasteiger partial charge in [0.15, 0.2) is 0 Å². The summed E-state index contributed by atoms with van der Waals surface area (Å²) >= 11 is 0. The van der Waals surface area contributed by atoms with Crippen molar-refractivity contribution in [2.45, 2.75) is 19.8 Å². The molecule has 0 heterocycles. The number of anilines is 2. The highest BCUT2D eigenvalue weighted by molar-refractivity contribution is 5.93. The molecule has 0 aliphatic carbocycles. The van der Waals surface area contributed by atoms with Crippen LogP contribution in [0.1, 0.15) is 19.8 Å². The third-order valence-corrected chi connectivity index (χ3v) is 3.03. The fourth-order valence-electron chi connectivity index (χ4n) is 2.04. The van der Waals surface area contributed by atoms with Gasteiger partial charge in [-0.1, -0.05) is 24.3 Å². The normalized spacial score (nSPS) is 9.96. The summed E-state index contributed by atoms with van der Waals surface area (Å²) in [5.41, 5.74) is 1.31. The van der Waals surface area contributed by atoms with Crippen molar-refractivity contribution in [1.29, 1.82) is 0 Å². The summed E-state index contributed by atoms with van der Waals surface area (Å²) in [6, 6.07) is 16.6. The average molecular weight is 312 g/mol. The van der Waals surface area contributed by atoms with Crippen LogP contribution in [-0.2, 0) is 9.59 Å². The molecule has 0 spiro atoms. The molecule has 2 rings (SSSR count). The number of amides is 2. The van der Waals surface area contributed by atoms with E-state index in [1.807, 2.05) is 30.3 Å². The molecule has 120 valence electrons. The van der Waals surface area contributed by atoms with Gasteiger partial charge in [-0.2, -0.15) is 0 Å². The summed E-state index contributed by atoms with van der Waals surface area (Å²) < 4.78 is 5.54. The average Bonchev–Trinajstić information content (AvgIpc) is 2.52. The SMILES string of the molecule is CC(=O)Nc1cccc(NC(=O)CCCOc2ccccc2)c1. The number of benzene rings is 2. The lowest BCUT2D eigenvalue weighted by Gasteiger charge is -2.08. The van der Waals surface area contributed by atoms with Gasteiger partial charge in [0.1, 0.15) is 5.75 Å². The van der Waals surface area contributed by atoms with E-state index in [9.17, 15) is 9.59 Å². The molecule has 23 heavy (non-hydrogen) atoms. The largest absolute Gasteiger partial charge is 0.494 e. The number of carbonyl (C=O) groups excluding carboxylic acids is 2. The Morgan fingerprint density at radius 1 is 0.957 bits per heavy atom. The standard InChI is InChI=1S/C18H20N2O3/c1-14(21)19-15-7-5-8-16(13-15)20-18(22)11-6-12-23-17-9-3-2-4-10-17/h2-5,7-10,13H,6,11-12H2,1H3,(H,19,21)(H,20,22). The topological polar surface area (TPSA) is 67.4 Å². The van der Waals surface area contributed by atoms with Gasteiger partial charge < -0.3 is 15.4 Å². The number of carbonyl (C=O) groups is 2. The molecule has 0 aliphatic rings. The fraction of sp³-hybridized carbons (Fsp3) is 0.222. The molecular weight excluding hydrogens is 292 g/mol. The van der Waals surface area contributed by atoms with Crippen molar-refractivity contribution in [3.8, 4) is 5.75 Å². The zero-order chi connectivity index (χ0) is 16.5. The number of para-hydroxylation sites is 1. The van der Waals surface area contributed by atoms with E-state index >= 15 is 0 Å². The van der Waals surface area contributed by atoms with Crippen LogP contribution >= 0.6 is 0 Å². The second kappa shape index (κ2) is 8.58. The Bertz CT molecular complexity index is 656. The highest BCUT2D eigenvalue weighted by Gasteiger charge is 2.04. The number of rotatable bonds is 7. The molecule has 0 unspecified atom stereocenters. The maximum absolute atomic E-state index is 11.9. The number of nitrogens with one attached hydrogen (secondary N) is 2. The molecule has 0 fully saturated rings. The first-order chi connectivity index (χ1) is 11.1. The van der Waals surface area contributed by atoms with Crippen LogP contribution in [0.25, 0.3) is 0 Å². The fourth-order valence-corrected chi connectivity index (χ4v) is 2.04. The molecule has 5 nitrogen and oxygen atoms in total. The van der Waals surface area contributed by atoms with Gasteiger partial charge in [-0.15, -0.1) is 0 Å². The first kappa shape index (κ1) is 16.5. The molecule has 0 aromatic heterocycles. The summed E-state index contributed by atoms with van der Waals surface area (Å²) in [5.74, 6) is 0.573. The van der Waals surface area contributed by atoms with E-state index in [1.165, 1.54) is 6.92 Å². The van der Waals surface area contributed by atoms with E-state index in [1.54, 1.807) is 24.3 Å². The summed E-state index contributed by atoms with van der Waals surface area (Å²) in [6.07, 6.45) is 1.00. The molecule has 2 amide bonds. The van der Waals surface area contributed by atoms with E-state index in [0.29, 0.717) is 30.8 Å². The van der Waals surface area contributed by atoms with Gasteiger partial charge in [0.05, 0.1) is 6.61 Å². The van der Waals surface area contributed by atoms with Crippen LogP contribution in [0.5, 0.6) is 5.75 Å². The highest BCUT2D eigenvalue weighted by atomic mass is 16.5. The second-order valence-corrected chi connectivity index (χ2v) is 5.08. The van der Waals surface area contributed by atoms with Gasteiger partial charge in [-0.3, -0.25) is 9.59 Å². The van der Waals surface area contributed by atoms with E-state index < -0.39 is 0 Å². The molecular formula is C18H20N2O3. The minimum absolute atomic E-state index is 0.0818. The van der Waals surface area contributed by atoms with Gasteiger partial charge in [0.2, 0.25) is 11.8 Å². The number of hydrogen-bond acceptors (Lipinski definition) is 3. The molecule has 0 bridgehead atoms. The van der Waals surface area contributed by atoms with Crippen molar-refractivity contribution in [1.82, 2.24) is 0 Å². The summed E-state index contributed by atoms with van der Waals surface area (Å²) in [5, 5.41) is 5.49. The Labute approximate surface area is 135 Å². The van der Waals surface area contributed by atoms with E-state index in [0.717, 1.165) is 5.75 Å². The molecule has 2 aromatic carbocycles. The van der Waals surface area contributed by atoms with Gasteiger partial charge in [-0.05, 0) is 36.8 Å². The van der Waals surface area contributed by atoms with Gasteiger partial charge in [0.25, 0.3) is 0 Å². The first-order valence-electron chi connectivity index (χ1n) is 7.49. The maximum Gasteiger partial charge on any atom is 0.224 e. The number of ether oxygens (including phenoxy) is 1. The van der Waals surface area contributed by atoms with E-state index in [-0.39, 0.29) is 11.8 Å². The predicted molar refractivity (Wildman–Crippen MR) is 90.5 cm³/mol. The van der Waals surface area contributed by atoms with Crippen LogP contribution in [0.3, 0.4) is 0 Å². The molecule has 0 atom stereocenters. The van der Waals surface area contributed by atoms with Crippen LogP contribution in [0.2, 0.25) is 0 Å². The molecule has 5 heteroatoms. The molecule has 0 aliphatic heterocycles. The van der Waals surface area contributed by atoms with Crippen molar-refractivity contribution in [2.75, 3.05) is 17.2 Å². The van der Waals surface area contributed by atoms with Crippen molar-refractivity contribution >= 4 is 23.2 Å². The highest BCUT2D eigenvalue weighted by Crippen LogP contribution is 2.15. The van der Waals surface area contributed by atoms with Crippen molar-refractivity contribution in [2.24, 2.45) is 0 Å². The van der Waals surface area contributed by atoms with Crippen LogP contribution in [0.4, 0.5) is 11.4 Å². The maximum atomic E-state index is 11.9. The Balaban J connectivity index is 1.73. The summed E-state index contributed by atoms with van der Waals surface area (Å²) in [6.45, 7) is 1.93. The van der Waals surface area contributed by atoms with E-state index in [2.05, 4.69) is 10.6 Å².